The molecule has 0 spiro atoms. The van der Waals surface area contributed by atoms with Gasteiger partial charge in [-0.25, -0.2) is 4.68 Å². The molecule has 1 aliphatic heterocycles. The Morgan fingerprint density at radius 3 is 2.54 bits per heavy atom. The van der Waals surface area contributed by atoms with Gasteiger partial charge in [0.15, 0.2) is 5.96 Å². The van der Waals surface area contributed by atoms with Crippen molar-refractivity contribution >= 4 is 41.5 Å². The number of rotatable bonds is 5. The summed E-state index contributed by atoms with van der Waals surface area (Å²) < 4.78 is 1.86. The Morgan fingerprint density at radius 2 is 1.89 bits per heavy atom. The fourth-order valence-electron chi connectivity index (χ4n) is 3.61. The van der Waals surface area contributed by atoms with E-state index in [1.807, 2.05) is 48.4 Å². The standard InChI is InChI=1S/C20H27ClN6.HI/c1-22-20(25-17-8-10-26(11-9-17)18-6-7-18)23-12-15-13-24-27(14-15)19-4-2-16(21)3-5-19;/h2-5,13-14,17-18H,6-12H2,1H3,(H2,22,23,25);1H. The van der Waals surface area contributed by atoms with Crippen molar-refractivity contribution in [3.63, 3.8) is 0 Å². The molecule has 2 fully saturated rings. The summed E-state index contributed by atoms with van der Waals surface area (Å²) in [5.41, 5.74) is 2.10. The van der Waals surface area contributed by atoms with E-state index in [-0.39, 0.29) is 24.0 Å². The van der Waals surface area contributed by atoms with Crippen molar-refractivity contribution in [1.82, 2.24) is 25.3 Å². The average molecular weight is 515 g/mol. The topological polar surface area (TPSA) is 57.5 Å². The van der Waals surface area contributed by atoms with Crippen molar-refractivity contribution < 1.29 is 0 Å². The Balaban J connectivity index is 0.00000225. The minimum atomic E-state index is 0. The fourth-order valence-corrected chi connectivity index (χ4v) is 3.73. The molecule has 2 aromatic rings. The van der Waals surface area contributed by atoms with Crippen LogP contribution in [0, 0.1) is 0 Å². The number of aliphatic imine (C=N–C) groups is 1. The predicted molar refractivity (Wildman–Crippen MR) is 125 cm³/mol. The molecule has 2 heterocycles. The van der Waals surface area contributed by atoms with Gasteiger partial charge in [-0.05, 0) is 49.9 Å². The molecule has 2 aliphatic rings. The van der Waals surface area contributed by atoms with Crippen molar-refractivity contribution in [2.75, 3.05) is 20.1 Å². The number of nitrogens with zero attached hydrogens (tertiary/aromatic N) is 4. The summed E-state index contributed by atoms with van der Waals surface area (Å²) in [4.78, 5) is 7.02. The van der Waals surface area contributed by atoms with Crippen LogP contribution in [0.15, 0.2) is 41.7 Å². The third-order valence-electron chi connectivity index (χ3n) is 5.34. The highest BCUT2D eigenvalue weighted by molar-refractivity contribution is 14.0. The number of piperidine rings is 1. The van der Waals surface area contributed by atoms with Gasteiger partial charge < -0.3 is 15.5 Å². The smallest absolute Gasteiger partial charge is 0.191 e. The van der Waals surface area contributed by atoms with Gasteiger partial charge in [-0.1, -0.05) is 11.6 Å². The molecule has 0 unspecified atom stereocenters. The molecule has 1 saturated carbocycles. The first-order valence-corrected chi connectivity index (χ1v) is 10.1. The van der Waals surface area contributed by atoms with Gasteiger partial charge in [0.05, 0.1) is 11.9 Å². The molecule has 0 amide bonds. The first-order chi connectivity index (χ1) is 13.2. The van der Waals surface area contributed by atoms with E-state index in [1.54, 1.807) is 0 Å². The first-order valence-electron chi connectivity index (χ1n) is 9.72. The lowest BCUT2D eigenvalue weighted by Gasteiger charge is -2.33. The Morgan fingerprint density at radius 1 is 1.18 bits per heavy atom. The normalized spacial score (nSPS) is 18.6. The van der Waals surface area contributed by atoms with Crippen LogP contribution in [0.5, 0.6) is 0 Å². The predicted octanol–water partition coefficient (Wildman–Crippen LogP) is 3.44. The summed E-state index contributed by atoms with van der Waals surface area (Å²) >= 11 is 5.95. The molecule has 4 rings (SSSR count). The van der Waals surface area contributed by atoms with Crippen molar-refractivity contribution in [2.45, 2.75) is 44.3 Å². The highest BCUT2D eigenvalue weighted by Gasteiger charge is 2.31. The number of benzene rings is 1. The van der Waals surface area contributed by atoms with Crippen LogP contribution < -0.4 is 10.6 Å². The van der Waals surface area contributed by atoms with Gasteiger partial charge in [0.25, 0.3) is 0 Å². The minimum Gasteiger partial charge on any atom is -0.354 e. The van der Waals surface area contributed by atoms with E-state index in [0.29, 0.717) is 12.6 Å². The summed E-state index contributed by atoms with van der Waals surface area (Å²) in [6, 6.07) is 9.04. The largest absolute Gasteiger partial charge is 0.354 e. The lowest BCUT2D eigenvalue weighted by molar-refractivity contribution is 0.197. The zero-order chi connectivity index (χ0) is 18.6. The molecule has 1 saturated heterocycles. The molecule has 0 radical (unpaired) electrons. The van der Waals surface area contributed by atoms with Crippen LogP contribution in [-0.4, -0.2) is 52.9 Å². The van der Waals surface area contributed by atoms with Gasteiger partial charge in [0, 0.05) is 55.5 Å². The summed E-state index contributed by atoms with van der Waals surface area (Å²) in [7, 11) is 1.83. The SMILES string of the molecule is CN=C(NCc1cnn(-c2ccc(Cl)cc2)c1)NC1CCN(C2CC2)CC1.I. The van der Waals surface area contributed by atoms with Gasteiger partial charge in [0.1, 0.15) is 0 Å². The summed E-state index contributed by atoms with van der Waals surface area (Å²) in [5.74, 6) is 0.860. The van der Waals surface area contributed by atoms with Crippen LogP contribution in [0.3, 0.4) is 0 Å². The van der Waals surface area contributed by atoms with E-state index in [4.69, 9.17) is 11.6 Å². The number of likely N-dealkylation sites (tertiary alicyclic amines) is 1. The molecule has 8 heteroatoms. The van der Waals surface area contributed by atoms with Gasteiger partial charge in [0.2, 0.25) is 0 Å². The molecule has 28 heavy (non-hydrogen) atoms. The lowest BCUT2D eigenvalue weighted by Crippen LogP contribution is -2.48. The van der Waals surface area contributed by atoms with E-state index in [2.05, 4.69) is 25.6 Å². The third kappa shape index (κ3) is 5.61. The summed E-state index contributed by atoms with van der Waals surface area (Å²) in [6.45, 7) is 3.09. The number of hydrogen-bond acceptors (Lipinski definition) is 3. The maximum atomic E-state index is 5.95. The van der Waals surface area contributed by atoms with E-state index < -0.39 is 0 Å². The molecule has 1 aromatic carbocycles. The van der Waals surface area contributed by atoms with E-state index in [0.717, 1.165) is 28.3 Å². The van der Waals surface area contributed by atoms with Gasteiger partial charge in [-0.15, -0.1) is 24.0 Å². The monoisotopic (exact) mass is 514 g/mol. The molecular weight excluding hydrogens is 487 g/mol. The second-order valence-corrected chi connectivity index (χ2v) is 7.82. The van der Waals surface area contributed by atoms with Crippen LogP contribution >= 0.6 is 35.6 Å². The van der Waals surface area contributed by atoms with Crippen LogP contribution in [0.2, 0.25) is 5.02 Å². The van der Waals surface area contributed by atoms with Crippen LogP contribution in [-0.2, 0) is 6.54 Å². The molecule has 0 bridgehead atoms. The van der Waals surface area contributed by atoms with Gasteiger partial charge in [-0.2, -0.15) is 5.10 Å². The van der Waals surface area contributed by atoms with Crippen molar-refractivity contribution in [3.8, 4) is 5.69 Å². The van der Waals surface area contributed by atoms with Crippen LogP contribution in [0.1, 0.15) is 31.2 Å². The number of aromatic nitrogens is 2. The highest BCUT2D eigenvalue weighted by atomic mass is 127. The highest BCUT2D eigenvalue weighted by Crippen LogP contribution is 2.29. The first kappa shape index (κ1) is 21.4. The molecule has 1 aromatic heterocycles. The summed E-state index contributed by atoms with van der Waals surface area (Å²) in [6.07, 6.45) is 9.06. The van der Waals surface area contributed by atoms with Gasteiger partial charge >= 0.3 is 0 Å². The summed E-state index contributed by atoms with van der Waals surface area (Å²) in [5, 5.41) is 12.1. The molecule has 2 N–H and O–H groups in total. The van der Waals surface area contributed by atoms with Crippen molar-refractivity contribution in [1.29, 1.82) is 0 Å². The number of guanidine groups is 1. The maximum absolute atomic E-state index is 5.95. The maximum Gasteiger partial charge on any atom is 0.191 e. The second kappa shape index (κ2) is 9.93. The van der Waals surface area contributed by atoms with Crippen LogP contribution in [0.25, 0.3) is 5.69 Å². The Kier molecular flexibility index (Phi) is 7.59. The molecule has 152 valence electrons. The van der Waals surface area contributed by atoms with E-state index in [1.165, 1.54) is 38.8 Å². The van der Waals surface area contributed by atoms with Crippen molar-refractivity contribution in [2.24, 2.45) is 4.99 Å². The molecular formula is C20H28ClIN6. The average Bonchev–Trinajstić information content (AvgIpc) is 3.44. The zero-order valence-corrected chi connectivity index (χ0v) is 19.2. The zero-order valence-electron chi connectivity index (χ0n) is 16.1. The second-order valence-electron chi connectivity index (χ2n) is 7.38. The molecule has 6 nitrogen and oxygen atoms in total. The minimum absolute atomic E-state index is 0. The Bertz CT molecular complexity index is 778. The lowest BCUT2D eigenvalue weighted by atomic mass is 10.1. The molecule has 0 atom stereocenters. The van der Waals surface area contributed by atoms with E-state index >= 15 is 0 Å². The molecule has 1 aliphatic carbocycles. The van der Waals surface area contributed by atoms with Crippen LogP contribution in [0.4, 0.5) is 0 Å². The number of halogens is 2. The van der Waals surface area contributed by atoms with Crippen molar-refractivity contribution in [3.05, 3.63) is 47.2 Å². The van der Waals surface area contributed by atoms with E-state index in [9.17, 15) is 0 Å². The Hall–Kier alpha value is -1.32. The quantitative estimate of drug-likeness (QED) is 0.365. The third-order valence-corrected chi connectivity index (χ3v) is 5.60. The number of hydrogen-bond donors (Lipinski definition) is 2. The van der Waals surface area contributed by atoms with Gasteiger partial charge in [-0.3, -0.25) is 4.99 Å². The Labute approximate surface area is 188 Å². The fraction of sp³-hybridized carbons (Fsp3) is 0.500. The number of nitrogens with one attached hydrogen (secondary N) is 2.